The minimum absolute atomic E-state index is 0.208. The van der Waals surface area contributed by atoms with Gasteiger partial charge in [-0.3, -0.25) is 0 Å². The van der Waals surface area contributed by atoms with Crippen LogP contribution in [-0.2, 0) is 17.7 Å². The van der Waals surface area contributed by atoms with Crippen molar-refractivity contribution in [1.82, 2.24) is 4.57 Å². The molecule has 1 atom stereocenters. The lowest BCUT2D eigenvalue weighted by molar-refractivity contribution is 0.190. The number of rotatable bonds is 6. The number of ether oxygens (including phenoxy) is 1. The number of benzene rings is 1. The average Bonchev–Trinajstić information content (AvgIpc) is 2.72. The molecule has 1 heterocycles. The van der Waals surface area contributed by atoms with E-state index in [4.69, 9.17) is 10.5 Å². The van der Waals surface area contributed by atoms with Crippen LogP contribution in [0.2, 0.25) is 0 Å². The van der Waals surface area contributed by atoms with Crippen molar-refractivity contribution < 1.29 is 4.74 Å². The standard InChI is InChI=1S/C15H22N2O/c1-12(16)10-13-4-5-14-6-8-17(15(14)11-13)7-3-9-18-2/h4-6,8,11-12H,3,7,9-10,16H2,1-2H3. The van der Waals surface area contributed by atoms with E-state index in [2.05, 4.69) is 35.0 Å². The smallest absolute Gasteiger partial charge is 0.0483 e. The Morgan fingerprint density at radius 2 is 2.17 bits per heavy atom. The molecule has 1 aromatic carbocycles. The van der Waals surface area contributed by atoms with Crippen LogP contribution in [0.3, 0.4) is 0 Å². The quantitative estimate of drug-likeness (QED) is 0.796. The summed E-state index contributed by atoms with van der Waals surface area (Å²) in [6, 6.07) is 8.98. The monoisotopic (exact) mass is 246 g/mol. The molecule has 98 valence electrons. The van der Waals surface area contributed by atoms with Gasteiger partial charge in [0.1, 0.15) is 0 Å². The van der Waals surface area contributed by atoms with Gasteiger partial charge in [0, 0.05) is 38.0 Å². The van der Waals surface area contributed by atoms with Crippen LogP contribution in [0.4, 0.5) is 0 Å². The minimum atomic E-state index is 0.208. The Labute approximate surface area is 109 Å². The molecule has 2 N–H and O–H groups in total. The molecule has 1 aromatic heterocycles. The molecule has 0 spiro atoms. The molecule has 0 bridgehead atoms. The van der Waals surface area contributed by atoms with Crippen LogP contribution in [-0.4, -0.2) is 24.3 Å². The Balaban J connectivity index is 2.20. The van der Waals surface area contributed by atoms with E-state index >= 15 is 0 Å². The van der Waals surface area contributed by atoms with Crippen molar-refractivity contribution >= 4 is 10.9 Å². The van der Waals surface area contributed by atoms with E-state index in [1.54, 1.807) is 7.11 Å². The fourth-order valence-corrected chi connectivity index (χ4v) is 2.30. The summed E-state index contributed by atoms with van der Waals surface area (Å²) in [6.45, 7) is 3.85. The molecule has 2 aromatic rings. The number of hydrogen-bond acceptors (Lipinski definition) is 2. The van der Waals surface area contributed by atoms with Crippen LogP contribution in [0.15, 0.2) is 30.5 Å². The average molecular weight is 246 g/mol. The number of aromatic nitrogens is 1. The molecule has 2 rings (SSSR count). The second-order valence-electron chi connectivity index (χ2n) is 4.93. The number of methoxy groups -OCH3 is 1. The molecule has 1 unspecified atom stereocenters. The molecule has 0 fully saturated rings. The summed E-state index contributed by atoms with van der Waals surface area (Å²) in [4.78, 5) is 0. The molecule has 0 radical (unpaired) electrons. The molecular formula is C15H22N2O. The molecule has 0 saturated heterocycles. The van der Waals surface area contributed by atoms with E-state index in [9.17, 15) is 0 Å². The van der Waals surface area contributed by atoms with Gasteiger partial charge in [0.15, 0.2) is 0 Å². The molecular weight excluding hydrogens is 224 g/mol. The van der Waals surface area contributed by atoms with Crippen LogP contribution in [0.1, 0.15) is 18.9 Å². The van der Waals surface area contributed by atoms with E-state index in [1.807, 2.05) is 6.92 Å². The van der Waals surface area contributed by atoms with Gasteiger partial charge in [-0.2, -0.15) is 0 Å². The van der Waals surface area contributed by atoms with E-state index < -0.39 is 0 Å². The predicted octanol–water partition coefficient (Wildman–Crippen LogP) is 2.57. The second kappa shape index (κ2) is 6.03. The first-order valence-electron chi connectivity index (χ1n) is 6.53. The van der Waals surface area contributed by atoms with Crippen molar-refractivity contribution in [2.24, 2.45) is 5.73 Å². The Hall–Kier alpha value is -1.32. The highest BCUT2D eigenvalue weighted by Gasteiger charge is 2.04. The highest BCUT2D eigenvalue weighted by atomic mass is 16.5. The molecule has 18 heavy (non-hydrogen) atoms. The largest absolute Gasteiger partial charge is 0.385 e. The van der Waals surface area contributed by atoms with Gasteiger partial charge in [-0.15, -0.1) is 0 Å². The van der Waals surface area contributed by atoms with Crippen LogP contribution in [0.25, 0.3) is 10.9 Å². The van der Waals surface area contributed by atoms with Crippen molar-refractivity contribution in [3.63, 3.8) is 0 Å². The summed E-state index contributed by atoms with van der Waals surface area (Å²) in [5, 5.41) is 1.29. The van der Waals surface area contributed by atoms with Crippen LogP contribution < -0.4 is 5.73 Å². The first kappa shape index (κ1) is 13.1. The summed E-state index contributed by atoms with van der Waals surface area (Å²) < 4.78 is 7.39. The van der Waals surface area contributed by atoms with Gasteiger partial charge in [0.05, 0.1) is 0 Å². The molecule has 3 heteroatoms. The Morgan fingerprint density at radius 1 is 1.33 bits per heavy atom. The van der Waals surface area contributed by atoms with Gasteiger partial charge in [-0.1, -0.05) is 12.1 Å². The first-order chi connectivity index (χ1) is 8.70. The van der Waals surface area contributed by atoms with Crippen LogP contribution in [0.5, 0.6) is 0 Å². The lowest BCUT2D eigenvalue weighted by Gasteiger charge is -2.08. The minimum Gasteiger partial charge on any atom is -0.385 e. The zero-order chi connectivity index (χ0) is 13.0. The number of nitrogens with two attached hydrogens (primary N) is 1. The van der Waals surface area contributed by atoms with Gasteiger partial charge >= 0.3 is 0 Å². The Kier molecular flexibility index (Phi) is 4.39. The zero-order valence-corrected chi connectivity index (χ0v) is 11.2. The predicted molar refractivity (Wildman–Crippen MR) is 75.8 cm³/mol. The number of aryl methyl sites for hydroxylation is 1. The van der Waals surface area contributed by atoms with Crippen molar-refractivity contribution in [1.29, 1.82) is 0 Å². The maximum Gasteiger partial charge on any atom is 0.0483 e. The lowest BCUT2D eigenvalue weighted by atomic mass is 10.1. The summed E-state index contributed by atoms with van der Waals surface area (Å²) in [7, 11) is 1.74. The van der Waals surface area contributed by atoms with Gasteiger partial charge in [0.2, 0.25) is 0 Å². The van der Waals surface area contributed by atoms with Crippen LogP contribution in [0, 0.1) is 0 Å². The number of hydrogen-bond donors (Lipinski definition) is 1. The maximum atomic E-state index is 5.86. The van der Waals surface area contributed by atoms with Crippen molar-refractivity contribution in [2.75, 3.05) is 13.7 Å². The molecule has 0 saturated carbocycles. The summed E-state index contributed by atoms with van der Waals surface area (Å²) in [5.41, 5.74) is 8.46. The first-order valence-corrected chi connectivity index (χ1v) is 6.53. The van der Waals surface area contributed by atoms with Gasteiger partial charge in [-0.25, -0.2) is 0 Å². The molecule has 0 aliphatic rings. The van der Waals surface area contributed by atoms with Crippen molar-refractivity contribution in [3.05, 3.63) is 36.0 Å². The summed E-state index contributed by atoms with van der Waals surface area (Å²) >= 11 is 0. The molecule has 0 amide bonds. The SMILES string of the molecule is COCCCn1ccc2ccc(CC(C)N)cc21. The highest BCUT2D eigenvalue weighted by molar-refractivity contribution is 5.80. The second-order valence-corrected chi connectivity index (χ2v) is 4.93. The number of nitrogens with zero attached hydrogens (tertiary/aromatic N) is 1. The topological polar surface area (TPSA) is 40.2 Å². The molecule has 0 aliphatic carbocycles. The van der Waals surface area contributed by atoms with Crippen molar-refractivity contribution in [3.8, 4) is 0 Å². The van der Waals surface area contributed by atoms with E-state index in [1.165, 1.54) is 16.5 Å². The molecule has 3 nitrogen and oxygen atoms in total. The molecule has 0 aliphatic heterocycles. The fraction of sp³-hybridized carbons (Fsp3) is 0.467. The van der Waals surface area contributed by atoms with E-state index in [0.29, 0.717) is 0 Å². The lowest BCUT2D eigenvalue weighted by Crippen LogP contribution is -2.17. The third-order valence-corrected chi connectivity index (χ3v) is 3.14. The third-order valence-electron chi connectivity index (χ3n) is 3.14. The zero-order valence-electron chi connectivity index (χ0n) is 11.2. The normalized spacial score (nSPS) is 13.1. The van der Waals surface area contributed by atoms with Gasteiger partial charge in [-0.05, 0) is 42.8 Å². The maximum absolute atomic E-state index is 5.86. The summed E-state index contributed by atoms with van der Waals surface area (Å²) in [5.74, 6) is 0. The fourth-order valence-electron chi connectivity index (χ4n) is 2.30. The van der Waals surface area contributed by atoms with E-state index in [0.717, 1.165) is 26.0 Å². The summed E-state index contributed by atoms with van der Waals surface area (Å²) in [6.07, 6.45) is 4.12. The van der Waals surface area contributed by atoms with Crippen molar-refractivity contribution in [2.45, 2.75) is 32.4 Å². The van der Waals surface area contributed by atoms with E-state index in [-0.39, 0.29) is 6.04 Å². The Morgan fingerprint density at radius 3 is 2.89 bits per heavy atom. The highest BCUT2D eigenvalue weighted by Crippen LogP contribution is 2.19. The van der Waals surface area contributed by atoms with Gasteiger partial charge < -0.3 is 15.0 Å². The third kappa shape index (κ3) is 3.12. The van der Waals surface area contributed by atoms with Crippen LogP contribution >= 0.6 is 0 Å². The van der Waals surface area contributed by atoms with Gasteiger partial charge in [0.25, 0.3) is 0 Å². The number of fused-ring (bicyclic) bond motifs is 1. The Bertz CT molecular complexity index is 502.